The van der Waals surface area contributed by atoms with Crippen LogP contribution in [-0.4, -0.2) is 0 Å². The number of benzene rings is 3. The van der Waals surface area contributed by atoms with Crippen molar-refractivity contribution in [3.8, 4) is 28.3 Å². The van der Waals surface area contributed by atoms with Crippen molar-refractivity contribution in [2.75, 3.05) is 0 Å². The predicted octanol–water partition coefficient (Wildman–Crippen LogP) is 6.13. The fourth-order valence-electron chi connectivity index (χ4n) is 3.52. The third-order valence-electron chi connectivity index (χ3n) is 4.66. The highest BCUT2D eigenvalue weighted by atomic mass is 14.3. The molecule has 0 unspecified atom stereocenters. The van der Waals surface area contributed by atoms with Crippen LogP contribution in [0.1, 0.15) is 27.8 Å². The number of nitriles is 1. The molecule has 24 heavy (non-hydrogen) atoms. The average Bonchev–Trinajstić information content (AvgIpc) is 2.55. The van der Waals surface area contributed by atoms with E-state index in [2.05, 4.69) is 82.3 Å². The van der Waals surface area contributed by atoms with Gasteiger partial charge in [-0.1, -0.05) is 48.5 Å². The molecule has 1 heteroatoms. The molecular formula is C23H21N. The van der Waals surface area contributed by atoms with Crippen molar-refractivity contribution in [3.05, 3.63) is 82.4 Å². The van der Waals surface area contributed by atoms with E-state index in [0.29, 0.717) is 0 Å². The fourth-order valence-corrected chi connectivity index (χ4v) is 3.52. The van der Waals surface area contributed by atoms with Crippen molar-refractivity contribution in [1.82, 2.24) is 0 Å². The SMILES string of the molecule is Cc1cccc(C)c1-c1ccc(-c2c(C)cccc2C)c(C#N)c1. The molecule has 3 rings (SSSR count). The lowest BCUT2D eigenvalue weighted by molar-refractivity contribution is 1.35. The van der Waals surface area contributed by atoms with Gasteiger partial charge in [-0.15, -0.1) is 0 Å². The number of aryl methyl sites for hydroxylation is 4. The van der Waals surface area contributed by atoms with E-state index in [1.165, 1.54) is 33.4 Å². The van der Waals surface area contributed by atoms with Gasteiger partial charge in [0.1, 0.15) is 0 Å². The Morgan fingerprint density at radius 2 is 1.17 bits per heavy atom. The highest BCUT2D eigenvalue weighted by Crippen LogP contribution is 2.34. The van der Waals surface area contributed by atoms with E-state index < -0.39 is 0 Å². The van der Waals surface area contributed by atoms with Crippen LogP contribution in [0.15, 0.2) is 54.6 Å². The van der Waals surface area contributed by atoms with Gasteiger partial charge in [-0.05, 0) is 72.7 Å². The summed E-state index contributed by atoms with van der Waals surface area (Å²) in [5.41, 5.74) is 10.1. The molecule has 0 bridgehead atoms. The van der Waals surface area contributed by atoms with Crippen LogP contribution in [0, 0.1) is 39.0 Å². The van der Waals surface area contributed by atoms with Gasteiger partial charge in [0.2, 0.25) is 0 Å². The predicted molar refractivity (Wildman–Crippen MR) is 101 cm³/mol. The van der Waals surface area contributed by atoms with Crippen LogP contribution in [0.3, 0.4) is 0 Å². The molecule has 0 saturated carbocycles. The van der Waals surface area contributed by atoms with Gasteiger partial charge in [0.05, 0.1) is 11.6 Å². The first-order chi connectivity index (χ1) is 11.5. The van der Waals surface area contributed by atoms with Crippen LogP contribution in [0.2, 0.25) is 0 Å². The Hall–Kier alpha value is -2.85. The minimum Gasteiger partial charge on any atom is -0.192 e. The number of rotatable bonds is 2. The molecule has 0 N–H and O–H groups in total. The molecule has 0 fully saturated rings. The summed E-state index contributed by atoms with van der Waals surface area (Å²) in [6, 6.07) is 21.2. The summed E-state index contributed by atoms with van der Waals surface area (Å²) in [5, 5.41) is 9.72. The molecule has 0 aliphatic rings. The minimum absolute atomic E-state index is 0.729. The minimum atomic E-state index is 0.729. The molecule has 0 saturated heterocycles. The molecule has 0 heterocycles. The van der Waals surface area contributed by atoms with E-state index in [1.807, 2.05) is 6.07 Å². The monoisotopic (exact) mass is 311 g/mol. The van der Waals surface area contributed by atoms with Crippen LogP contribution >= 0.6 is 0 Å². The smallest absolute Gasteiger partial charge is 0.0998 e. The lowest BCUT2D eigenvalue weighted by Gasteiger charge is -2.15. The van der Waals surface area contributed by atoms with Crippen LogP contribution in [0.5, 0.6) is 0 Å². The van der Waals surface area contributed by atoms with Crippen molar-refractivity contribution < 1.29 is 0 Å². The third-order valence-corrected chi connectivity index (χ3v) is 4.66. The van der Waals surface area contributed by atoms with Gasteiger partial charge in [-0.25, -0.2) is 0 Å². The topological polar surface area (TPSA) is 23.8 Å². The molecule has 0 aliphatic carbocycles. The van der Waals surface area contributed by atoms with E-state index in [4.69, 9.17) is 0 Å². The third kappa shape index (κ3) is 2.72. The maximum Gasteiger partial charge on any atom is 0.0998 e. The van der Waals surface area contributed by atoms with Crippen molar-refractivity contribution in [2.24, 2.45) is 0 Å². The molecule has 0 aliphatic heterocycles. The largest absolute Gasteiger partial charge is 0.192 e. The van der Waals surface area contributed by atoms with E-state index >= 15 is 0 Å². The molecule has 118 valence electrons. The van der Waals surface area contributed by atoms with Crippen LogP contribution < -0.4 is 0 Å². The maximum atomic E-state index is 9.72. The lowest BCUT2D eigenvalue weighted by Crippen LogP contribution is -1.94. The zero-order valence-corrected chi connectivity index (χ0v) is 14.6. The molecule has 3 aromatic rings. The van der Waals surface area contributed by atoms with Crippen LogP contribution in [0.25, 0.3) is 22.3 Å². The maximum absolute atomic E-state index is 9.72. The summed E-state index contributed by atoms with van der Waals surface area (Å²) >= 11 is 0. The van der Waals surface area contributed by atoms with E-state index in [1.54, 1.807) is 0 Å². The first-order valence-electron chi connectivity index (χ1n) is 8.20. The highest BCUT2D eigenvalue weighted by Gasteiger charge is 2.13. The summed E-state index contributed by atoms with van der Waals surface area (Å²) in [6.07, 6.45) is 0. The van der Waals surface area contributed by atoms with Crippen molar-refractivity contribution in [1.29, 1.82) is 5.26 Å². The van der Waals surface area contributed by atoms with Gasteiger partial charge in [0.15, 0.2) is 0 Å². The van der Waals surface area contributed by atoms with E-state index in [-0.39, 0.29) is 0 Å². The summed E-state index contributed by atoms with van der Waals surface area (Å²) < 4.78 is 0. The Bertz CT molecular complexity index is 918. The second kappa shape index (κ2) is 6.34. The summed E-state index contributed by atoms with van der Waals surface area (Å²) in [7, 11) is 0. The summed E-state index contributed by atoms with van der Waals surface area (Å²) in [6.45, 7) is 8.44. The number of hydrogen-bond acceptors (Lipinski definition) is 1. The molecule has 0 aromatic heterocycles. The molecule has 1 nitrogen and oxygen atoms in total. The van der Waals surface area contributed by atoms with Gasteiger partial charge in [-0.3, -0.25) is 0 Å². The average molecular weight is 311 g/mol. The van der Waals surface area contributed by atoms with Gasteiger partial charge < -0.3 is 0 Å². The van der Waals surface area contributed by atoms with Crippen LogP contribution in [-0.2, 0) is 0 Å². The standard InChI is InChI=1S/C23H21N/c1-15-7-5-8-16(2)22(15)19-11-12-21(20(13-19)14-24)23-17(3)9-6-10-18(23)4/h5-13H,1-4H3. The second-order valence-electron chi connectivity index (χ2n) is 6.41. The Kier molecular flexibility index (Phi) is 4.23. The van der Waals surface area contributed by atoms with E-state index in [0.717, 1.165) is 16.7 Å². The first-order valence-corrected chi connectivity index (χ1v) is 8.20. The summed E-state index contributed by atoms with van der Waals surface area (Å²) in [4.78, 5) is 0. The lowest BCUT2D eigenvalue weighted by atomic mass is 9.89. The molecule has 3 aromatic carbocycles. The zero-order valence-electron chi connectivity index (χ0n) is 14.6. The normalized spacial score (nSPS) is 10.5. The zero-order chi connectivity index (χ0) is 17.3. The highest BCUT2D eigenvalue weighted by molar-refractivity contribution is 5.81. The van der Waals surface area contributed by atoms with Gasteiger partial charge in [0.25, 0.3) is 0 Å². The van der Waals surface area contributed by atoms with Crippen molar-refractivity contribution in [2.45, 2.75) is 27.7 Å². The van der Waals surface area contributed by atoms with E-state index in [9.17, 15) is 5.26 Å². The van der Waals surface area contributed by atoms with Gasteiger partial charge in [0, 0.05) is 5.56 Å². The van der Waals surface area contributed by atoms with Crippen molar-refractivity contribution in [3.63, 3.8) is 0 Å². The first kappa shape index (κ1) is 16.0. The second-order valence-corrected chi connectivity index (χ2v) is 6.41. The van der Waals surface area contributed by atoms with Crippen molar-refractivity contribution >= 4 is 0 Å². The van der Waals surface area contributed by atoms with Gasteiger partial charge >= 0.3 is 0 Å². The Labute approximate surface area is 144 Å². The molecule has 0 spiro atoms. The molecule has 0 atom stereocenters. The molecule has 0 amide bonds. The fraction of sp³-hybridized carbons (Fsp3) is 0.174. The summed E-state index contributed by atoms with van der Waals surface area (Å²) in [5.74, 6) is 0. The quantitative estimate of drug-likeness (QED) is 0.559. The number of nitrogens with zero attached hydrogens (tertiary/aromatic N) is 1. The number of hydrogen-bond donors (Lipinski definition) is 0. The molecular weight excluding hydrogens is 290 g/mol. The molecule has 0 radical (unpaired) electrons. The van der Waals surface area contributed by atoms with Crippen LogP contribution in [0.4, 0.5) is 0 Å². The van der Waals surface area contributed by atoms with Gasteiger partial charge in [-0.2, -0.15) is 5.26 Å². The Balaban J connectivity index is 2.23. The Morgan fingerprint density at radius 1 is 0.667 bits per heavy atom. The Morgan fingerprint density at radius 3 is 1.67 bits per heavy atom.